The summed E-state index contributed by atoms with van der Waals surface area (Å²) in [5, 5.41) is 16.9. The number of carbonyl (C=O) groups excluding carboxylic acids is 1. The lowest BCUT2D eigenvalue weighted by Gasteiger charge is -2.36. The Bertz CT molecular complexity index is 558. The van der Waals surface area contributed by atoms with Crippen LogP contribution in [0.1, 0.15) is 44.1 Å². The van der Waals surface area contributed by atoms with Crippen molar-refractivity contribution in [3.63, 3.8) is 0 Å². The molecule has 0 saturated carbocycles. The summed E-state index contributed by atoms with van der Waals surface area (Å²) in [5.74, 6) is -1.69. The summed E-state index contributed by atoms with van der Waals surface area (Å²) in [7, 11) is 2.17. The number of carbonyl (C=O) groups is 2. The molecule has 2 aliphatic heterocycles. The van der Waals surface area contributed by atoms with Gasteiger partial charge in [0.25, 0.3) is 5.97 Å². The van der Waals surface area contributed by atoms with Crippen LogP contribution in [0.15, 0.2) is 30.3 Å². The third-order valence-electron chi connectivity index (χ3n) is 5.01. The number of fused-ring (bicyclic) bond motifs is 2. The van der Waals surface area contributed by atoms with Gasteiger partial charge in [-0.1, -0.05) is 30.3 Å². The van der Waals surface area contributed by atoms with E-state index in [1.165, 1.54) is 12.8 Å². The van der Waals surface area contributed by atoms with Gasteiger partial charge in [-0.2, -0.15) is 0 Å². The van der Waals surface area contributed by atoms with Crippen LogP contribution in [0.5, 0.6) is 0 Å². The molecule has 2 heterocycles. The lowest BCUT2D eigenvalue weighted by Crippen LogP contribution is -2.43. The number of piperidine rings is 1. The molecule has 0 aliphatic carbocycles. The fourth-order valence-corrected chi connectivity index (χ4v) is 3.71. The van der Waals surface area contributed by atoms with Gasteiger partial charge in [0.15, 0.2) is 0 Å². The van der Waals surface area contributed by atoms with Crippen molar-refractivity contribution in [1.82, 2.24) is 4.90 Å². The van der Waals surface area contributed by atoms with E-state index in [4.69, 9.17) is 14.6 Å². The maximum atomic E-state index is 12.4. The Labute approximate surface area is 148 Å². The number of nitrogens with zero attached hydrogens (tertiary/aromatic N) is 1. The number of esters is 1. The second kappa shape index (κ2) is 8.97. The van der Waals surface area contributed by atoms with E-state index in [1.54, 1.807) is 0 Å². The maximum Gasteiger partial charge on any atom is 0.316 e. The molecule has 3 atom stereocenters. The van der Waals surface area contributed by atoms with Crippen LogP contribution in [0.3, 0.4) is 0 Å². The fourth-order valence-electron chi connectivity index (χ4n) is 3.71. The predicted octanol–water partition coefficient (Wildman–Crippen LogP) is 2.02. The van der Waals surface area contributed by atoms with Crippen molar-refractivity contribution < 1.29 is 24.5 Å². The quantitative estimate of drug-likeness (QED) is 0.809. The molecule has 2 aliphatic rings. The number of carboxylic acids is 1. The van der Waals surface area contributed by atoms with Crippen LogP contribution < -0.4 is 0 Å². The highest BCUT2D eigenvalue weighted by Gasteiger charge is 2.40. The first-order valence-electron chi connectivity index (χ1n) is 8.70. The summed E-state index contributed by atoms with van der Waals surface area (Å²) >= 11 is 0. The number of aliphatic hydroxyl groups excluding tert-OH is 1. The summed E-state index contributed by atoms with van der Waals surface area (Å²) in [5.41, 5.74) is 0.820. The van der Waals surface area contributed by atoms with E-state index in [-0.39, 0.29) is 18.7 Å². The molecule has 0 aromatic heterocycles. The molecule has 2 fully saturated rings. The van der Waals surface area contributed by atoms with E-state index < -0.39 is 11.9 Å². The molecule has 2 bridgehead atoms. The average Bonchev–Trinajstić information content (AvgIpc) is 2.78. The number of benzene rings is 1. The van der Waals surface area contributed by atoms with Crippen molar-refractivity contribution in [2.45, 2.75) is 56.7 Å². The first kappa shape index (κ1) is 19.4. The fraction of sp³-hybridized carbons (Fsp3) is 0.579. The van der Waals surface area contributed by atoms with Gasteiger partial charge in [0.2, 0.25) is 0 Å². The Morgan fingerprint density at radius 1 is 1.20 bits per heavy atom. The molecule has 6 nitrogen and oxygen atoms in total. The predicted molar refractivity (Wildman–Crippen MR) is 93.3 cm³/mol. The number of aliphatic carboxylic acids is 1. The van der Waals surface area contributed by atoms with Gasteiger partial charge in [-0.15, -0.1) is 0 Å². The number of carboxylic acid groups (broad SMARTS) is 1. The monoisotopic (exact) mass is 349 g/mol. The molecule has 25 heavy (non-hydrogen) atoms. The summed E-state index contributed by atoms with van der Waals surface area (Å²) in [6, 6.07) is 10.5. The molecular weight excluding hydrogens is 322 g/mol. The molecule has 138 valence electrons. The minimum atomic E-state index is -0.833. The smallest absolute Gasteiger partial charge is 0.316 e. The molecule has 1 aromatic rings. The van der Waals surface area contributed by atoms with Crippen LogP contribution in [-0.2, 0) is 14.3 Å². The normalized spacial score (nSPS) is 26.3. The van der Waals surface area contributed by atoms with Crippen molar-refractivity contribution in [2.24, 2.45) is 0 Å². The van der Waals surface area contributed by atoms with Crippen molar-refractivity contribution >= 4 is 11.9 Å². The number of hydrogen-bond acceptors (Lipinski definition) is 5. The number of rotatable bonds is 4. The standard InChI is InChI=1S/C17H23NO3.C2H4O2/c1-18-13-7-8-14(18)10-15(9-13)21-17(20)16(11-19)12-5-3-2-4-6-12;1-2(3)4/h2-6,13-16,19H,7-11H2,1H3;1H3,(H,3,4). The molecule has 6 heteroatoms. The minimum absolute atomic E-state index is 0.00367. The minimum Gasteiger partial charge on any atom is -0.481 e. The van der Waals surface area contributed by atoms with Crippen LogP contribution in [0, 0.1) is 0 Å². The largest absolute Gasteiger partial charge is 0.481 e. The van der Waals surface area contributed by atoms with Gasteiger partial charge in [-0.05, 0) is 38.3 Å². The Balaban J connectivity index is 0.000000511. The molecule has 2 N–H and O–H groups in total. The number of hydrogen-bond donors (Lipinski definition) is 2. The second-order valence-electron chi connectivity index (χ2n) is 6.75. The van der Waals surface area contributed by atoms with E-state index in [9.17, 15) is 9.90 Å². The highest BCUT2D eigenvalue weighted by Crippen LogP contribution is 2.36. The Kier molecular flexibility index (Phi) is 6.96. The van der Waals surface area contributed by atoms with Gasteiger partial charge >= 0.3 is 5.97 Å². The Morgan fingerprint density at radius 3 is 2.20 bits per heavy atom. The zero-order valence-electron chi connectivity index (χ0n) is 14.8. The summed E-state index contributed by atoms with van der Waals surface area (Å²) in [6.45, 7) is 0.877. The average molecular weight is 349 g/mol. The Morgan fingerprint density at radius 2 is 1.72 bits per heavy atom. The van der Waals surface area contributed by atoms with Crippen LogP contribution in [0.25, 0.3) is 0 Å². The molecule has 0 amide bonds. The van der Waals surface area contributed by atoms with Gasteiger partial charge in [-0.25, -0.2) is 0 Å². The van der Waals surface area contributed by atoms with Crippen molar-refractivity contribution in [3.8, 4) is 0 Å². The van der Waals surface area contributed by atoms with Gasteiger partial charge in [0, 0.05) is 19.0 Å². The molecular formula is C19H27NO5. The Hall–Kier alpha value is -1.92. The third-order valence-corrected chi connectivity index (χ3v) is 5.01. The first-order chi connectivity index (χ1) is 11.9. The van der Waals surface area contributed by atoms with Gasteiger partial charge in [0.1, 0.15) is 12.0 Å². The summed E-state index contributed by atoms with van der Waals surface area (Å²) < 4.78 is 5.70. The highest BCUT2D eigenvalue weighted by molar-refractivity contribution is 5.78. The van der Waals surface area contributed by atoms with Gasteiger partial charge in [0.05, 0.1) is 6.61 Å². The van der Waals surface area contributed by atoms with Crippen LogP contribution in [0.4, 0.5) is 0 Å². The zero-order chi connectivity index (χ0) is 18.4. The summed E-state index contributed by atoms with van der Waals surface area (Å²) in [4.78, 5) is 23.8. The zero-order valence-corrected chi connectivity index (χ0v) is 14.8. The van der Waals surface area contributed by atoms with Crippen molar-refractivity contribution in [3.05, 3.63) is 35.9 Å². The second-order valence-corrected chi connectivity index (χ2v) is 6.75. The lowest BCUT2D eigenvalue weighted by molar-refractivity contribution is -0.155. The molecule has 3 unspecified atom stereocenters. The molecule has 0 spiro atoms. The topological polar surface area (TPSA) is 87.1 Å². The van der Waals surface area contributed by atoms with Crippen molar-refractivity contribution in [2.75, 3.05) is 13.7 Å². The molecule has 1 aromatic carbocycles. The molecule has 3 rings (SSSR count). The van der Waals surface area contributed by atoms with E-state index >= 15 is 0 Å². The first-order valence-corrected chi connectivity index (χ1v) is 8.70. The lowest BCUT2D eigenvalue weighted by atomic mass is 9.98. The third kappa shape index (κ3) is 5.28. The van der Waals surface area contributed by atoms with Crippen LogP contribution in [-0.4, -0.2) is 58.9 Å². The van der Waals surface area contributed by atoms with E-state index in [1.807, 2.05) is 30.3 Å². The van der Waals surface area contributed by atoms with Crippen LogP contribution in [0.2, 0.25) is 0 Å². The van der Waals surface area contributed by atoms with Crippen LogP contribution >= 0.6 is 0 Å². The van der Waals surface area contributed by atoms with E-state index in [0.717, 1.165) is 25.3 Å². The molecule has 2 saturated heterocycles. The van der Waals surface area contributed by atoms with Gasteiger partial charge < -0.3 is 19.8 Å². The number of aliphatic hydroxyl groups is 1. The maximum absolute atomic E-state index is 12.4. The summed E-state index contributed by atoms with van der Waals surface area (Å²) in [6.07, 6.45) is 4.26. The van der Waals surface area contributed by atoms with Crippen molar-refractivity contribution in [1.29, 1.82) is 0 Å². The highest BCUT2D eigenvalue weighted by atomic mass is 16.5. The van der Waals surface area contributed by atoms with Gasteiger partial charge in [-0.3, -0.25) is 9.59 Å². The molecule has 0 radical (unpaired) electrons. The number of ether oxygens (including phenoxy) is 1. The van der Waals surface area contributed by atoms with E-state index in [0.29, 0.717) is 12.1 Å². The van der Waals surface area contributed by atoms with E-state index in [2.05, 4.69) is 11.9 Å². The SMILES string of the molecule is CC(=O)O.CN1C2CCC1CC(OC(=O)C(CO)c1ccccc1)C2.